The lowest BCUT2D eigenvalue weighted by molar-refractivity contribution is -0.151. The number of hydrazine groups is 1. The van der Waals surface area contributed by atoms with Crippen molar-refractivity contribution < 1.29 is 38.2 Å². The molecule has 11 heteroatoms. The van der Waals surface area contributed by atoms with Crippen molar-refractivity contribution in [3.05, 3.63) is 48.6 Å². The lowest BCUT2D eigenvalue weighted by Crippen LogP contribution is -2.57. The van der Waals surface area contributed by atoms with Crippen LogP contribution in [0.4, 0.5) is 9.59 Å². The molecule has 1 unspecified atom stereocenters. The van der Waals surface area contributed by atoms with Gasteiger partial charge in [-0.3, -0.25) is 14.4 Å². The molecular formula is C26H37N3O8. The number of benzene rings is 1. The van der Waals surface area contributed by atoms with Crippen molar-refractivity contribution in [2.75, 3.05) is 13.2 Å². The highest BCUT2D eigenvalue weighted by Crippen LogP contribution is 2.10. The standard InChI is InChI=1S/C26H37N3O8/c1-6-8-14-20(30)15-16-21(27-24(33)36-18-19-12-10-9-11-13-19)23(32)29(17-22(31)35-7-2)28-25(34)37-26(3,4)5/h6,9-13,21H,1,7-8,14-18H2,2-5H3,(H,27,33)(H,28,34). The number of Topliss-reactive ketones (excluding diaryl/α,β-unsaturated/α-hetero) is 1. The second-order valence-corrected chi connectivity index (χ2v) is 9.01. The second-order valence-electron chi connectivity index (χ2n) is 9.01. The summed E-state index contributed by atoms with van der Waals surface area (Å²) in [5.74, 6) is -1.79. The van der Waals surface area contributed by atoms with Gasteiger partial charge in [0.15, 0.2) is 0 Å². The van der Waals surface area contributed by atoms with Crippen LogP contribution in [0.25, 0.3) is 0 Å². The lowest BCUT2D eigenvalue weighted by atomic mass is 10.1. The van der Waals surface area contributed by atoms with Crippen molar-refractivity contribution >= 4 is 29.8 Å². The van der Waals surface area contributed by atoms with E-state index in [-0.39, 0.29) is 38.3 Å². The minimum Gasteiger partial charge on any atom is -0.465 e. The molecule has 0 aromatic heterocycles. The third-order valence-corrected chi connectivity index (χ3v) is 4.63. The van der Waals surface area contributed by atoms with Crippen LogP contribution in [-0.4, -0.2) is 59.6 Å². The number of ketones is 1. The van der Waals surface area contributed by atoms with Crippen LogP contribution in [0.1, 0.15) is 58.9 Å². The highest BCUT2D eigenvalue weighted by Gasteiger charge is 2.31. The Bertz CT molecular complexity index is 927. The minimum absolute atomic E-state index is 0.0388. The number of nitrogens with zero attached hydrogens (tertiary/aromatic N) is 1. The van der Waals surface area contributed by atoms with Crippen LogP contribution in [-0.2, 0) is 35.2 Å². The Hall–Kier alpha value is -3.89. The zero-order valence-corrected chi connectivity index (χ0v) is 21.9. The SMILES string of the molecule is C=CCCC(=O)CCC(NC(=O)OCc1ccccc1)C(=O)N(CC(=O)OCC)NC(=O)OC(C)(C)C. The summed E-state index contributed by atoms with van der Waals surface area (Å²) in [5.41, 5.74) is 2.08. The van der Waals surface area contributed by atoms with E-state index < -0.39 is 42.3 Å². The van der Waals surface area contributed by atoms with Gasteiger partial charge in [-0.1, -0.05) is 36.4 Å². The van der Waals surface area contributed by atoms with E-state index in [0.717, 1.165) is 5.56 Å². The van der Waals surface area contributed by atoms with Gasteiger partial charge in [-0.25, -0.2) is 20.0 Å². The number of hydrogen-bond acceptors (Lipinski definition) is 8. The van der Waals surface area contributed by atoms with Crippen molar-refractivity contribution in [1.82, 2.24) is 15.8 Å². The zero-order valence-electron chi connectivity index (χ0n) is 21.9. The quantitative estimate of drug-likeness (QED) is 0.175. The van der Waals surface area contributed by atoms with Gasteiger partial charge in [-0.2, -0.15) is 0 Å². The maximum Gasteiger partial charge on any atom is 0.426 e. The summed E-state index contributed by atoms with van der Waals surface area (Å²) >= 11 is 0. The Kier molecular flexibility index (Phi) is 13.4. The first-order valence-electron chi connectivity index (χ1n) is 12.0. The van der Waals surface area contributed by atoms with Crippen LogP contribution in [0.5, 0.6) is 0 Å². The summed E-state index contributed by atoms with van der Waals surface area (Å²) in [7, 11) is 0. The number of ether oxygens (including phenoxy) is 3. The molecule has 0 aliphatic carbocycles. The predicted octanol–water partition coefficient (Wildman–Crippen LogP) is 3.43. The Labute approximate surface area is 217 Å². The number of nitrogens with one attached hydrogen (secondary N) is 2. The fraction of sp³-hybridized carbons (Fsp3) is 0.500. The summed E-state index contributed by atoms with van der Waals surface area (Å²) in [6.45, 7) is 9.42. The van der Waals surface area contributed by atoms with E-state index in [4.69, 9.17) is 14.2 Å². The van der Waals surface area contributed by atoms with Gasteiger partial charge in [0.2, 0.25) is 0 Å². The van der Waals surface area contributed by atoms with E-state index in [0.29, 0.717) is 11.4 Å². The molecule has 0 aliphatic heterocycles. The molecule has 0 spiro atoms. The van der Waals surface area contributed by atoms with E-state index in [1.54, 1.807) is 58.0 Å². The van der Waals surface area contributed by atoms with Crippen molar-refractivity contribution in [2.45, 2.75) is 71.6 Å². The van der Waals surface area contributed by atoms with E-state index >= 15 is 0 Å². The number of rotatable bonds is 13. The van der Waals surface area contributed by atoms with E-state index in [1.807, 2.05) is 6.07 Å². The molecule has 0 aliphatic rings. The molecule has 0 heterocycles. The fourth-order valence-electron chi connectivity index (χ4n) is 2.97. The Balaban J connectivity index is 3.04. The highest BCUT2D eigenvalue weighted by molar-refractivity contribution is 5.90. The third-order valence-electron chi connectivity index (χ3n) is 4.63. The lowest BCUT2D eigenvalue weighted by Gasteiger charge is -2.28. The molecule has 0 saturated heterocycles. The molecule has 1 aromatic rings. The van der Waals surface area contributed by atoms with Gasteiger partial charge in [-0.15, -0.1) is 6.58 Å². The molecule has 37 heavy (non-hydrogen) atoms. The summed E-state index contributed by atoms with van der Waals surface area (Å²) in [4.78, 5) is 62.6. The molecule has 204 valence electrons. The summed E-state index contributed by atoms with van der Waals surface area (Å²) in [6, 6.07) is 7.62. The minimum atomic E-state index is -1.29. The maximum atomic E-state index is 13.4. The molecule has 2 N–H and O–H groups in total. The predicted molar refractivity (Wildman–Crippen MR) is 135 cm³/mol. The van der Waals surface area contributed by atoms with Crippen molar-refractivity contribution in [2.24, 2.45) is 0 Å². The Morgan fingerprint density at radius 2 is 1.70 bits per heavy atom. The molecule has 0 fully saturated rings. The summed E-state index contributed by atoms with van der Waals surface area (Å²) in [5, 5.41) is 3.13. The number of carbonyl (C=O) groups excluding carboxylic acids is 5. The van der Waals surface area contributed by atoms with E-state index in [1.165, 1.54) is 0 Å². The maximum absolute atomic E-state index is 13.4. The van der Waals surface area contributed by atoms with Crippen LogP contribution in [0.2, 0.25) is 0 Å². The molecule has 11 nitrogen and oxygen atoms in total. The molecule has 1 rings (SSSR count). The summed E-state index contributed by atoms with van der Waals surface area (Å²) in [6.07, 6.45) is 0.274. The number of allylic oxidation sites excluding steroid dienone is 1. The number of carbonyl (C=O) groups is 5. The second kappa shape index (κ2) is 16.0. The number of amides is 3. The van der Waals surface area contributed by atoms with Gasteiger partial charge in [0.1, 0.15) is 30.6 Å². The van der Waals surface area contributed by atoms with Crippen LogP contribution in [0.3, 0.4) is 0 Å². The van der Waals surface area contributed by atoms with Crippen LogP contribution < -0.4 is 10.7 Å². The van der Waals surface area contributed by atoms with Crippen molar-refractivity contribution in [3.8, 4) is 0 Å². The summed E-state index contributed by atoms with van der Waals surface area (Å²) < 4.78 is 15.3. The molecule has 1 atom stereocenters. The number of alkyl carbamates (subject to hydrolysis) is 1. The van der Waals surface area contributed by atoms with Gasteiger partial charge >= 0.3 is 18.2 Å². The zero-order chi connectivity index (χ0) is 27.8. The van der Waals surface area contributed by atoms with Crippen LogP contribution >= 0.6 is 0 Å². The van der Waals surface area contributed by atoms with E-state index in [9.17, 15) is 24.0 Å². The topological polar surface area (TPSA) is 140 Å². The van der Waals surface area contributed by atoms with Gasteiger partial charge < -0.3 is 19.5 Å². The van der Waals surface area contributed by atoms with E-state index in [2.05, 4.69) is 17.3 Å². The monoisotopic (exact) mass is 519 g/mol. The molecule has 0 bridgehead atoms. The number of hydrogen-bond donors (Lipinski definition) is 2. The molecular weight excluding hydrogens is 482 g/mol. The van der Waals surface area contributed by atoms with Crippen molar-refractivity contribution in [3.63, 3.8) is 0 Å². The first kappa shape index (κ1) is 31.1. The largest absolute Gasteiger partial charge is 0.465 e. The average Bonchev–Trinajstić information content (AvgIpc) is 2.82. The molecule has 0 saturated carbocycles. The van der Waals surface area contributed by atoms with Gasteiger partial charge in [0.25, 0.3) is 5.91 Å². The van der Waals surface area contributed by atoms with Crippen LogP contribution in [0, 0.1) is 0 Å². The van der Waals surface area contributed by atoms with Crippen LogP contribution in [0.15, 0.2) is 43.0 Å². The Morgan fingerprint density at radius 3 is 2.30 bits per heavy atom. The average molecular weight is 520 g/mol. The fourth-order valence-corrected chi connectivity index (χ4v) is 2.97. The van der Waals surface area contributed by atoms with Crippen molar-refractivity contribution in [1.29, 1.82) is 0 Å². The normalized spacial score (nSPS) is 11.5. The first-order chi connectivity index (χ1) is 17.4. The third kappa shape index (κ3) is 13.7. The highest BCUT2D eigenvalue weighted by atomic mass is 16.6. The molecule has 0 radical (unpaired) electrons. The Morgan fingerprint density at radius 1 is 1.03 bits per heavy atom. The van der Waals surface area contributed by atoms with Gasteiger partial charge in [0.05, 0.1) is 6.61 Å². The smallest absolute Gasteiger partial charge is 0.426 e. The van der Waals surface area contributed by atoms with Gasteiger partial charge in [-0.05, 0) is 46.1 Å². The molecule has 1 aromatic carbocycles. The van der Waals surface area contributed by atoms with Gasteiger partial charge in [0, 0.05) is 12.8 Å². The molecule has 3 amide bonds. The first-order valence-corrected chi connectivity index (χ1v) is 12.0. The number of esters is 1.